The number of aliphatic hydroxyl groups excluding tert-OH is 1. The summed E-state index contributed by atoms with van der Waals surface area (Å²) in [5, 5.41) is 11.5. The van der Waals surface area contributed by atoms with Gasteiger partial charge in [-0.25, -0.2) is 0 Å². The lowest BCUT2D eigenvalue weighted by atomic mass is 10.0. The van der Waals surface area contributed by atoms with Gasteiger partial charge in [0.05, 0.1) is 12.8 Å². The molecule has 0 radical (unpaired) electrons. The summed E-state index contributed by atoms with van der Waals surface area (Å²) in [6, 6.07) is 8.95. The Labute approximate surface area is 117 Å². The maximum absolute atomic E-state index is 12.1. The second-order valence-corrected chi connectivity index (χ2v) is 4.25. The Bertz CT molecular complexity index is 648. The number of carbonyl (C=O) groups is 1. The van der Waals surface area contributed by atoms with E-state index in [4.69, 9.17) is 9.52 Å². The molecule has 0 atom stereocenters. The van der Waals surface area contributed by atoms with E-state index < -0.39 is 0 Å². The van der Waals surface area contributed by atoms with Gasteiger partial charge in [-0.3, -0.25) is 4.79 Å². The van der Waals surface area contributed by atoms with E-state index in [1.54, 1.807) is 24.5 Å². The standard InChI is InChI=1S/C16H15NO3/c1-12-6-7-13(4-2-8-18)10-15(12)16(19)17-11-14-5-3-9-20-14/h3,5-7,9-10,18H,8,11H2,1H3,(H,17,19). The number of aryl methyl sites for hydroxylation is 1. The molecule has 0 saturated heterocycles. The van der Waals surface area contributed by atoms with E-state index in [2.05, 4.69) is 17.2 Å². The van der Waals surface area contributed by atoms with Crippen LogP contribution in [0.25, 0.3) is 0 Å². The Morgan fingerprint density at radius 3 is 2.95 bits per heavy atom. The Balaban J connectivity index is 2.12. The van der Waals surface area contributed by atoms with Crippen molar-refractivity contribution in [3.63, 3.8) is 0 Å². The van der Waals surface area contributed by atoms with Crippen LogP contribution in [0.3, 0.4) is 0 Å². The second-order valence-electron chi connectivity index (χ2n) is 4.25. The Kier molecular flexibility index (Phi) is 4.59. The molecule has 0 saturated carbocycles. The van der Waals surface area contributed by atoms with Crippen molar-refractivity contribution in [3.8, 4) is 11.8 Å². The van der Waals surface area contributed by atoms with Crippen LogP contribution in [-0.2, 0) is 6.54 Å². The lowest BCUT2D eigenvalue weighted by Gasteiger charge is -2.07. The zero-order valence-electron chi connectivity index (χ0n) is 11.1. The van der Waals surface area contributed by atoms with Crippen LogP contribution >= 0.6 is 0 Å². The third-order valence-electron chi connectivity index (χ3n) is 2.80. The number of furan rings is 1. The van der Waals surface area contributed by atoms with Gasteiger partial charge in [0.25, 0.3) is 5.91 Å². The van der Waals surface area contributed by atoms with E-state index in [1.807, 2.05) is 19.1 Å². The predicted octanol–water partition coefficient (Wildman–Crippen LogP) is 1.86. The van der Waals surface area contributed by atoms with Crippen molar-refractivity contribution in [1.82, 2.24) is 5.32 Å². The zero-order chi connectivity index (χ0) is 14.4. The molecule has 0 aliphatic carbocycles. The highest BCUT2D eigenvalue weighted by atomic mass is 16.3. The van der Waals surface area contributed by atoms with Crippen molar-refractivity contribution >= 4 is 5.91 Å². The molecule has 0 bridgehead atoms. The van der Waals surface area contributed by atoms with E-state index >= 15 is 0 Å². The highest BCUT2D eigenvalue weighted by Crippen LogP contribution is 2.11. The SMILES string of the molecule is Cc1ccc(C#CCO)cc1C(=O)NCc1ccco1. The number of aliphatic hydroxyl groups is 1. The Morgan fingerprint density at radius 1 is 1.40 bits per heavy atom. The van der Waals surface area contributed by atoms with Gasteiger partial charge in [0.15, 0.2) is 0 Å². The van der Waals surface area contributed by atoms with Gasteiger partial charge in [-0.05, 0) is 36.8 Å². The lowest BCUT2D eigenvalue weighted by molar-refractivity contribution is 0.0947. The highest BCUT2D eigenvalue weighted by Gasteiger charge is 2.09. The predicted molar refractivity (Wildman–Crippen MR) is 75.0 cm³/mol. The molecule has 20 heavy (non-hydrogen) atoms. The van der Waals surface area contributed by atoms with E-state index in [0.717, 1.165) is 5.56 Å². The van der Waals surface area contributed by atoms with Gasteiger partial charge in [0.1, 0.15) is 12.4 Å². The third kappa shape index (κ3) is 3.50. The number of benzene rings is 1. The van der Waals surface area contributed by atoms with Crippen LogP contribution in [0.1, 0.15) is 27.2 Å². The van der Waals surface area contributed by atoms with Crippen molar-refractivity contribution in [2.45, 2.75) is 13.5 Å². The Morgan fingerprint density at radius 2 is 2.25 bits per heavy atom. The molecule has 102 valence electrons. The van der Waals surface area contributed by atoms with Gasteiger partial charge in [0, 0.05) is 11.1 Å². The fourth-order valence-electron chi connectivity index (χ4n) is 1.76. The van der Waals surface area contributed by atoms with E-state index in [-0.39, 0.29) is 12.5 Å². The minimum Gasteiger partial charge on any atom is -0.467 e. The summed E-state index contributed by atoms with van der Waals surface area (Å²) in [6.45, 7) is 2.01. The fourth-order valence-corrected chi connectivity index (χ4v) is 1.76. The molecule has 4 nitrogen and oxygen atoms in total. The molecule has 2 N–H and O–H groups in total. The number of rotatable bonds is 3. The molecule has 2 aromatic rings. The van der Waals surface area contributed by atoms with Crippen LogP contribution < -0.4 is 5.32 Å². The maximum Gasteiger partial charge on any atom is 0.251 e. The molecule has 4 heteroatoms. The van der Waals surface area contributed by atoms with Gasteiger partial charge in [0.2, 0.25) is 0 Å². The maximum atomic E-state index is 12.1. The highest BCUT2D eigenvalue weighted by molar-refractivity contribution is 5.95. The van der Waals surface area contributed by atoms with E-state index in [9.17, 15) is 4.79 Å². The minimum atomic E-state index is -0.200. The first kappa shape index (κ1) is 13.9. The molecule has 0 unspecified atom stereocenters. The average molecular weight is 269 g/mol. The van der Waals surface area contributed by atoms with Crippen LogP contribution in [0.2, 0.25) is 0 Å². The van der Waals surface area contributed by atoms with Crippen LogP contribution in [0.5, 0.6) is 0 Å². The fraction of sp³-hybridized carbons (Fsp3) is 0.188. The van der Waals surface area contributed by atoms with Crippen molar-refractivity contribution in [2.75, 3.05) is 6.61 Å². The summed E-state index contributed by atoms with van der Waals surface area (Å²) >= 11 is 0. The summed E-state index contributed by atoms with van der Waals surface area (Å²) in [4.78, 5) is 12.1. The number of nitrogens with one attached hydrogen (secondary N) is 1. The topological polar surface area (TPSA) is 62.5 Å². The largest absolute Gasteiger partial charge is 0.467 e. The van der Waals surface area contributed by atoms with Crippen LogP contribution in [0, 0.1) is 18.8 Å². The van der Waals surface area contributed by atoms with Gasteiger partial charge in [-0.2, -0.15) is 0 Å². The van der Waals surface area contributed by atoms with Crippen LogP contribution in [-0.4, -0.2) is 17.6 Å². The normalized spacial score (nSPS) is 9.70. The molecule has 2 rings (SSSR count). The van der Waals surface area contributed by atoms with E-state index in [0.29, 0.717) is 23.4 Å². The molecule has 1 aromatic heterocycles. The number of hydrogen-bond acceptors (Lipinski definition) is 3. The van der Waals surface area contributed by atoms with Crippen LogP contribution in [0.4, 0.5) is 0 Å². The molecule has 0 aliphatic heterocycles. The second kappa shape index (κ2) is 6.60. The molecule has 1 amide bonds. The summed E-state index contributed by atoms with van der Waals surface area (Å²) in [5.74, 6) is 5.88. The van der Waals surface area contributed by atoms with Crippen molar-refractivity contribution in [1.29, 1.82) is 0 Å². The summed E-state index contributed by atoms with van der Waals surface area (Å²) in [7, 11) is 0. The summed E-state index contributed by atoms with van der Waals surface area (Å²) in [5.41, 5.74) is 2.14. The number of carbonyl (C=O) groups excluding carboxylic acids is 1. The van der Waals surface area contributed by atoms with E-state index in [1.165, 1.54) is 0 Å². The molecule has 0 spiro atoms. The first-order valence-electron chi connectivity index (χ1n) is 6.21. The quantitative estimate of drug-likeness (QED) is 0.836. The molecule has 0 fully saturated rings. The van der Waals surface area contributed by atoms with Gasteiger partial charge in [-0.1, -0.05) is 17.9 Å². The van der Waals surface area contributed by atoms with Gasteiger partial charge >= 0.3 is 0 Å². The van der Waals surface area contributed by atoms with Gasteiger partial charge in [-0.15, -0.1) is 0 Å². The number of hydrogen-bond donors (Lipinski definition) is 2. The first-order chi connectivity index (χ1) is 9.70. The average Bonchev–Trinajstić information content (AvgIpc) is 2.97. The number of amides is 1. The summed E-state index contributed by atoms with van der Waals surface area (Å²) < 4.78 is 5.16. The first-order valence-corrected chi connectivity index (χ1v) is 6.21. The Hall–Kier alpha value is -2.51. The van der Waals surface area contributed by atoms with Crippen molar-refractivity contribution in [3.05, 3.63) is 59.0 Å². The molecular weight excluding hydrogens is 254 g/mol. The van der Waals surface area contributed by atoms with Gasteiger partial charge < -0.3 is 14.8 Å². The summed E-state index contributed by atoms with van der Waals surface area (Å²) in [6.07, 6.45) is 1.57. The smallest absolute Gasteiger partial charge is 0.251 e. The monoisotopic (exact) mass is 269 g/mol. The van der Waals surface area contributed by atoms with Crippen molar-refractivity contribution < 1.29 is 14.3 Å². The minimum absolute atomic E-state index is 0.174. The van der Waals surface area contributed by atoms with Crippen molar-refractivity contribution in [2.24, 2.45) is 0 Å². The molecule has 0 aliphatic rings. The molecule has 1 aromatic carbocycles. The third-order valence-corrected chi connectivity index (χ3v) is 2.80. The lowest BCUT2D eigenvalue weighted by Crippen LogP contribution is -2.23. The molecule has 1 heterocycles. The molecular formula is C16H15NO3. The van der Waals surface area contributed by atoms with Crippen LogP contribution in [0.15, 0.2) is 41.0 Å². The zero-order valence-corrected chi connectivity index (χ0v) is 11.1.